The lowest BCUT2D eigenvalue weighted by Gasteiger charge is -2.43. The maximum Gasteiger partial charge on any atom is 0.355 e. The number of hydrogen-bond donors (Lipinski definition) is 1. The van der Waals surface area contributed by atoms with Crippen LogP contribution in [0, 0.1) is 0 Å². The van der Waals surface area contributed by atoms with Crippen molar-refractivity contribution in [3.8, 4) is 0 Å². The number of carbonyl (C=O) groups excluding carboxylic acids is 3. The van der Waals surface area contributed by atoms with Crippen LogP contribution in [0.3, 0.4) is 0 Å². The van der Waals surface area contributed by atoms with Crippen molar-refractivity contribution in [3.63, 3.8) is 0 Å². The van der Waals surface area contributed by atoms with Gasteiger partial charge >= 0.3 is 5.97 Å². The molecule has 2 heterocycles. The summed E-state index contributed by atoms with van der Waals surface area (Å²) < 4.78 is 5.59. The Morgan fingerprint density at radius 3 is 2.26 bits per heavy atom. The summed E-state index contributed by atoms with van der Waals surface area (Å²) in [5.41, 5.74) is 2.13. The Hall–Kier alpha value is -3.41. The molecule has 2 amide bonds. The van der Waals surface area contributed by atoms with Gasteiger partial charge in [0, 0.05) is 0 Å². The summed E-state index contributed by atoms with van der Waals surface area (Å²) in [4.78, 5) is 40.0. The van der Waals surface area contributed by atoms with Crippen LogP contribution in [-0.2, 0) is 25.5 Å². The van der Waals surface area contributed by atoms with Crippen LogP contribution in [0.15, 0.2) is 66.4 Å². The number of rotatable bonds is 5. The molecule has 0 spiro atoms. The Morgan fingerprint density at radius 2 is 1.65 bits per heavy atom. The van der Waals surface area contributed by atoms with Gasteiger partial charge in [0.15, 0.2) is 0 Å². The monoisotopic (exact) mass is 418 g/mol. The third-order valence-corrected chi connectivity index (χ3v) is 5.40. The molecule has 6 nitrogen and oxygen atoms in total. The Kier molecular flexibility index (Phi) is 5.39. The number of esters is 1. The molecular weight excluding hydrogens is 392 g/mol. The smallest absolute Gasteiger partial charge is 0.355 e. The van der Waals surface area contributed by atoms with Crippen LogP contribution in [0.4, 0.5) is 0 Å². The van der Waals surface area contributed by atoms with E-state index in [2.05, 4.69) is 5.32 Å². The van der Waals surface area contributed by atoms with Crippen molar-refractivity contribution in [2.24, 2.45) is 0 Å². The summed E-state index contributed by atoms with van der Waals surface area (Å²) in [5, 5.41) is 2.86. The second-order valence-corrected chi connectivity index (χ2v) is 8.88. The summed E-state index contributed by atoms with van der Waals surface area (Å²) in [6.45, 7) is 5.39. The quantitative estimate of drug-likeness (QED) is 0.598. The van der Waals surface area contributed by atoms with Crippen LogP contribution >= 0.6 is 0 Å². The Labute approximate surface area is 181 Å². The molecule has 2 aromatic rings. The molecule has 2 atom stereocenters. The number of amides is 2. The standard InChI is InChI=1S/C25H26N2O4/c1-25(2,3)31-24(30)22-18(17-12-8-5-9-13-17)15-19-21(23(29)27(19)22)26-20(28)14-16-10-6-4-7-11-16/h4-13,19,21H,14-15H2,1-3H3,(H,26,28)/t19-,21-/m1/s1. The van der Waals surface area contributed by atoms with Crippen molar-refractivity contribution in [2.75, 3.05) is 0 Å². The van der Waals surface area contributed by atoms with Gasteiger partial charge in [0.1, 0.15) is 17.3 Å². The summed E-state index contributed by atoms with van der Waals surface area (Å²) >= 11 is 0. The molecule has 2 aliphatic heterocycles. The molecule has 0 aliphatic carbocycles. The molecule has 2 aliphatic rings. The fourth-order valence-corrected chi connectivity index (χ4v) is 4.09. The first-order valence-electron chi connectivity index (χ1n) is 10.4. The molecule has 1 saturated heterocycles. The first-order valence-corrected chi connectivity index (χ1v) is 10.4. The predicted molar refractivity (Wildman–Crippen MR) is 117 cm³/mol. The Morgan fingerprint density at radius 1 is 1.03 bits per heavy atom. The average molecular weight is 418 g/mol. The van der Waals surface area contributed by atoms with E-state index in [1.165, 1.54) is 4.90 Å². The molecule has 0 aromatic heterocycles. The van der Waals surface area contributed by atoms with E-state index in [0.29, 0.717) is 6.42 Å². The molecule has 0 radical (unpaired) electrons. The van der Waals surface area contributed by atoms with Gasteiger partial charge < -0.3 is 10.1 Å². The van der Waals surface area contributed by atoms with Crippen molar-refractivity contribution in [1.82, 2.24) is 10.2 Å². The van der Waals surface area contributed by atoms with Gasteiger partial charge in [-0.1, -0.05) is 60.7 Å². The maximum absolute atomic E-state index is 13.0. The first-order chi connectivity index (χ1) is 14.7. The molecule has 0 unspecified atom stereocenters. The van der Waals surface area contributed by atoms with Crippen molar-refractivity contribution in [3.05, 3.63) is 77.5 Å². The molecule has 2 aromatic carbocycles. The van der Waals surface area contributed by atoms with Crippen LogP contribution in [-0.4, -0.2) is 40.4 Å². The molecule has 1 fully saturated rings. The van der Waals surface area contributed by atoms with Crippen LogP contribution in [0.2, 0.25) is 0 Å². The Balaban J connectivity index is 1.55. The molecule has 0 saturated carbocycles. The highest BCUT2D eigenvalue weighted by Gasteiger charge is 2.56. The number of fused-ring (bicyclic) bond motifs is 1. The van der Waals surface area contributed by atoms with Crippen molar-refractivity contribution < 1.29 is 19.1 Å². The number of nitrogens with zero attached hydrogens (tertiary/aromatic N) is 1. The van der Waals surface area contributed by atoms with E-state index in [1.807, 2.05) is 60.7 Å². The first kappa shape index (κ1) is 20.8. The zero-order valence-corrected chi connectivity index (χ0v) is 17.9. The number of benzene rings is 2. The summed E-state index contributed by atoms with van der Waals surface area (Å²) in [7, 11) is 0. The van der Waals surface area contributed by atoms with E-state index in [9.17, 15) is 14.4 Å². The van der Waals surface area contributed by atoms with Crippen molar-refractivity contribution >= 4 is 23.4 Å². The third-order valence-electron chi connectivity index (χ3n) is 5.40. The van der Waals surface area contributed by atoms with E-state index in [4.69, 9.17) is 4.74 Å². The van der Waals surface area contributed by atoms with Crippen LogP contribution < -0.4 is 5.32 Å². The molecule has 0 bridgehead atoms. The highest BCUT2D eigenvalue weighted by atomic mass is 16.6. The molecule has 6 heteroatoms. The van der Waals surface area contributed by atoms with E-state index >= 15 is 0 Å². The lowest BCUT2D eigenvalue weighted by molar-refractivity contribution is -0.159. The number of β-lactam (4-membered cyclic amide) rings is 1. The predicted octanol–water partition coefficient (Wildman–Crippen LogP) is 3.08. The van der Waals surface area contributed by atoms with E-state index in [0.717, 1.165) is 16.7 Å². The highest BCUT2D eigenvalue weighted by Crippen LogP contribution is 2.43. The topological polar surface area (TPSA) is 75.7 Å². The fraction of sp³-hybridized carbons (Fsp3) is 0.320. The minimum absolute atomic E-state index is 0.204. The second-order valence-electron chi connectivity index (χ2n) is 8.88. The molecule has 160 valence electrons. The second kappa shape index (κ2) is 8.02. The minimum Gasteiger partial charge on any atom is -0.455 e. The lowest BCUT2D eigenvalue weighted by Crippen LogP contribution is -2.69. The van der Waals surface area contributed by atoms with Gasteiger partial charge in [0.25, 0.3) is 5.91 Å². The normalized spacial score (nSPS) is 20.2. The number of carbonyl (C=O) groups is 3. The minimum atomic E-state index is -0.679. The van der Waals surface area contributed by atoms with Gasteiger partial charge in [-0.15, -0.1) is 0 Å². The summed E-state index contributed by atoms with van der Waals surface area (Å²) in [6, 6.07) is 18.0. The lowest BCUT2D eigenvalue weighted by atomic mass is 9.92. The van der Waals surface area contributed by atoms with E-state index in [1.54, 1.807) is 20.8 Å². The highest BCUT2D eigenvalue weighted by molar-refractivity contribution is 6.08. The molecule has 4 rings (SSSR count). The largest absolute Gasteiger partial charge is 0.455 e. The van der Waals surface area contributed by atoms with E-state index < -0.39 is 17.6 Å². The van der Waals surface area contributed by atoms with Gasteiger partial charge in [-0.2, -0.15) is 0 Å². The maximum atomic E-state index is 13.0. The molecule has 1 N–H and O–H groups in total. The van der Waals surface area contributed by atoms with Gasteiger partial charge in [-0.3, -0.25) is 14.5 Å². The van der Waals surface area contributed by atoms with Crippen LogP contribution in [0.5, 0.6) is 0 Å². The summed E-state index contributed by atoms with van der Waals surface area (Å²) in [5.74, 6) is -1.01. The molecular formula is C25H26N2O4. The zero-order chi connectivity index (χ0) is 22.2. The van der Waals surface area contributed by atoms with E-state index in [-0.39, 0.29) is 30.0 Å². The van der Waals surface area contributed by atoms with Gasteiger partial charge in [-0.05, 0) is 43.9 Å². The number of nitrogens with one attached hydrogen (secondary N) is 1. The SMILES string of the molecule is CC(C)(C)OC(=O)C1=C(c2ccccc2)C[C@@H]2[C@@H](NC(=O)Cc3ccccc3)C(=O)N12. The average Bonchev–Trinajstić information content (AvgIpc) is 3.09. The van der Waals surface area contributed by atoms with Crippen LogP contribution in [0.1, 0.15) is 38.3 Å². The van der Waals surface area contributed by atoms with Crippen LogP contribution in [0.25, 0.3) is 5.57 Å². The number of ether oxygens (including phenoxy) is 1. The van der Waals surface area contributed by atoms with Gasteiger partial charge in [0.05, 0.1) is 12.5 Å². The number of hydrogen-bond acceptors (Lipinski definition) is 4. The van der Waals surface area contributed by atoms with Crippen molar-refractivity contribution in [1.29, 1.82) is 0 Å². The summed E-state index contributed by atoms with van der Waals surface area (Å²) in [6.07, 6.45) is 0.690. The fourth-order valence-electron chi connectivity index (χ4n) is 4.09. The Bertz CT molecular complexity index is 1040. The molecule has 31 heavy (non-hydrogen) atoms. The van der Waals surface area contributed by atoms with Gasteiger partial charge in [0.2, 0.25) is 5.91 Å². The van der Waals surface area contributed by atoms with Crippen molar-refractivity contribution in [2.45, 2.75) is 51.3 Å². The third kappa shape index (κ3) is 4.24. The zero-order valence-electron chi connectivity index (χ0n) is 17.9. The van der Waals surface area contributed by atoms with Gasteiger partial charge in [-0.25, -0.2) is 4.79 Å².